The van der Waals surface area contributed by atoms with Crippen molar-refractivity contribution in [3.63, 3.8) is 0 Å². The highest BCUT2D eigenvalue weighted by Crippen LogP contribution is 2.20. The van der Waals surface area contributed by atoms with E-state index in [4.69, 9.17) is 11.6 Å². The monoisotopic (exact) mass is 290 g/mol. The highest BCUT2D eigenvalue weighted by atomic mass is 35.5. The largest absolute Gasteiger partial charge is 0.295 e. The van der Waals surface area contributed by atoms with Crippen LogP contribution in [0.15, 0.2) is 30.6 Å². The van der Waals surface area contributed by atoms with Crippen LogP contribution in [0.1, 0.15) is 25.8 Å². The van der Waals surface area contributed by atoms with E-state index in [1.54, 1.807) is 24.3 Å². The topological polar surface area (TPSA) is 60.7 Å². The summed E-state index contributed by atoms with van der Waals surface area (Å²) in [6.07, 6.45) is 5.33. The Hall–Kier alpha value is -2.01. The summed E-state index contributed by atoms with van der Waals surface area (Å²) in [6, 6.07) is 5.34. The first-order valence-electron chi connectivity index (χ1n) is 6.30. The molecule has 2 aromatic rings. The molecule has 0 bridgehead atoms. The number of tetrazole rings is 1. The van der Waals surface area contributed by atoms with Crippen molar-refractivity contribution in [1.82, 2.24) is 20.2 Å². The van der Waals surface area contributed by atoms with Gasteiger partial charge in [-0.15, -0.1) is 5.10 Å². The number of aromatic nitrogens is 4. The van der Waals surface area contributed by atoms with Gasteiger partial charge in [0.25, 0.3) is 0 Å². The zero-order valence-corrected chi connectivity index (χ0v) is 12.1. The number of rotatable bonds is 5. The smallest absolute Gasteiger partial charge is 0.155 e. The molecular weight excluding hydrogens is 276 g/mol. The minimum Gasteiger partial charge on any atom is -0.295 e. The lowest BCUT2D eigenvalue weighted by atomic mass is 10.1. The number of nitrogens with zero attached hydrogens (tertiary/aromatic N) is 4. The predicted molar refractivity (Wildman–Crippen MR) is 77.7 cm³/mol. The molecule has 0 saturated heterocycles. The zero-order valence-electron chi connectivity index (χ0n) is 11.3. The van der Waals surface area contributed by atoms with Gasteiger partial charge in [-0.2, -0.15) is 4.68 Å². The minimum absolute atomic E-state index is 0.0858. The maximum absolute atomic E-state index is 11.7. The molecule has 0 radical (unpaired) electrons. The van der Waals surface area contributed by atoms with E-state index in [1.165, 1.54) is 11.0 Å². The maximum Gasteiger partial charge on any atom is 0.155 e. The van der Waals surface area contributed by atoms with Gasteiger partial charge in [-0.25, -0.2) is 0 Å². The highest BCUT2D eigenvalue weighted by Gasteiger charge is 2.06. The molecule has 0 amide bonds. The van der Waals surface area contributed by atoms with Crippen LogP contribution < -0.4 is 0 Å². The van der Waals surface area contributed by atoms with Crippen LogP contribution in [0, 0.1) is 5.92 Å². The van der Waals surface area contributed by atoms with Crippen molar-refractivity contribution >= 4 is 23.5 Å². The molecule has 0 atom stereocenters. The van der Waals surface area contributed by atoms with Gasteiger partial charge in [0, 0.05) is 17.0 Å². The number of benzene rings is 1. The third-order valence-electron chi connectivity index (χ3n) is 2.64. The fraction of sp³-hybridized carbons (Fsp3) is 0.286. The Labute approximate surface area is 122 Å². The van der Waals surface area contributed by atoms with E-state index in [0.717, 1.165) is 11.3 Å². The molecular formula is C14H15ClN4O. The van der Waals surface area contributed by atoms with Crippen LogP contribution in [0.25, 0.3) is 11.8 Å². The summed E-state index contributed by atoms with van der Waals surface area (Å²) in [4.78, 5) is 11.7. The fourth-order valence-corrected chi connectivity index (χ4v) is 1.97. The van der Waals surface area contributed by atoms with Crippen LogP contribution in [0.5, 0.6) is 0 Å². The molecule has 0 aliphatic carbocycles. The van der Waals surface area contributed by atoms with Gasteiger partial charge in [0.2, 0.25) is 0 Å². The van der Waals surface area contributed by atoms with Gasteiger partial charge in [-0.3, -0.25) is 4.79 Å². The van der Waals surface area contributed by atoms with E-state index in [9.17, 15) is 4.79 Å². The standard InChI is InChI=1S/C14H15ClN4O/c1-10(2)7-13(20)5-3-11-8-12(15)4-6-14(11)19-9-16-17-18-19/h3-6,8-10H,7H2,1-2H3/b5-3+. The molecule has 1 aromatic heterocycles. The molecule has 1 aromatic carbocycles. The van der Waals surface area contributed by atoms with Gasteiger partial charge in [0.15, 0.2) is 5.78 Å². The molecule has 0 saturated carbocycles. The molecule has 0 aliphatic heterocycles. The number of carbonyl (C=O) groups excluding carboxylic acids is 1. The molecule has 1 heterocycles. The average molecular weight is 291 g/mol. The van der Waals surface area contributed by atoms with Gasteiger partial charge in [0.1, 0.15) is 6.33 Å². The molecule has 2 rings (SSSR count). The van der Waals surface area contributed by atoms with Crippen molar-refractivity contribution in [2.45, 2.75) is 20.3 Å². The fourth-order valence-electron chi connectivity index (χ4n) is 1.79. The van der Waals surface area contributed by atoms with Crippen LogP contribution >= 0.6 is 11.6 Å². The molecule has 104 valence electrons. The highest BCUT2D eigenvalue weighted by molar-refractivity contribution is 6.30. The number of halogens is 1. The first kappa shape index (κ1) is 14.4. The van der Waals surface area contributed by atoms with E-state index < -0.39 is 0 Å². The van der Waals surface area contributed by atoms with Crippen LogP contribution in [-0.4, -0.2) is 26.0 Å². The summed E-state index contributed by atoms with van der Waals surface area (Å²) in [5.74, 6) is 0.424. The lowest BCUT2D eigenvalue weighted by Crippen LogP contribution is -2.00. The van der Waals surface area contributed by atoms with Gasteiger partial charge < -0.3 is 0 Å². The van der Waals surface area contributed by atoms with E-state index >= 15 is 0 Å². The summed E-state index contributed by atoms with van der Waals surface area (Å²) < 4.78 is 1.53. The second-order valence-corrected chi connectivity index (χ2v) is 5.29. The van der Waals surface area contributed by atoms with Gasteiger partial charge in [-0.05, 0) is 46.7 Å². The van der Waals surface area contributed by atoms with E-state index in [1.807, 2.05) is 19.9 Å². The summed E-state index contributed by atoms with van der Waals surface area (Å²) in [6.45, 7) is 4.02. The van der Waals surface area contributed by atoms with Gasteiger partial charge in [0.05, 0.1) is 5.69 Å². The molecule has 0 fully saturated rings. The third kappa shape index (κ3) is 3.74. The Morgan fingerprint density at radius 1 is 1.45 bits per heavy atom. The number of ketones is 1. The second kappa shape index (κ2) is 6.43. The van der Waals surface area contributed by atoms with Crippen molar-refractivity contribution in [3.05, 3.63) is 41.2 Å². The average Bonchev–Trinajstić information content (AvgIpc) is 2.89. The van der Waals surface area contributed by atoms with E-state index in [2.05, 4.69) is 15.5 Å². The lowest BCUT2D eigenvalue weighted by Gasteiger charge is -2.05. The van der Waals surface area contributed by atoms with Crippen molar-refractivity contribution in [2.75, 3.05) is 0 Å². The van der Waals surface area contributed by atoms with Crippen molar-refractivity contribution in [3.8, 4) is 5.69 Å². The molecule has 0 N–H and O–H groups in total. The van der Waals surface area contributed by atoms with Gasteiger partial charge in [-0.1, -0.05) is 25.4 Å². The normalized spacial score (nSPS) is 11.4. The Morgan fingerprint density at radius 3 is 2.90 bits per heavy atom. The number of allylic oxidation sites excluding steroid dienone is 1. The lowest BCUT2D eigenvalue weighted by molar-refractivity contribution is -0.115. The van der Waals surface area contributed by atoms with Crippen LogP contribution in [0.4, 0.5) is 0 Å². The second-order valence-electron chi connectivity index (χ2n) is 4.86. The molecule has 0 aliphatic rings. The third-order valence-corrected chi connectivity index (χ3v) is 2.88. The summed E-state index contributed by atoms with van der Waals surface area (Å²) >= 11 is 6.00. The Balaban J connectivity index is 2.29. The Bertz CT molecular complexity index is 620. The quantitative estimate of drug-likeness (QED) is 0.794. The number of hydrogen-bond donors (Lipinski definition) is 0. The Morgan fingerprint density at radius 2 is 2.25 bits per heavy atom. The van der Waals surface area contributed by atoms with Crippen LogP contribution in [0.3, 0.4) is 0 Å². The van der Waals surface area contributed by atoms with Crippen molar-refractivity contribution < 1.29 is 4.79 Å². The summed E-state index contributed by atoms with van der Waals surface area (Å²) in [5.41, 5.74) is 1.56. The van der Waals surface area contributed by atoms with E-state index in [0.29, 0.717) is 17.4 Å². The molecule has 0 spiro atoms. The predicted octanol–water partition coefficient (Wildman–Crippen LogP) is 2.94. The van der Waals surface area contributed by atoms with Crippen molar-refractivity contribution in [2.24, 2.45) is 5.92 Å². The van der Waals surface area contributed by atoms with Crippen molar-refractivity contribution in [1.29, 1.82) is 0 Å². The SMILES string of the molecule is CC(C)CC(=O)/C=C/c1cc(Cl)ccc1-n1cnnn1. The first-order chi connectivity index (χ1) is 9.56. The summed E-state index contributed by atoms with van der Waals surface area (Å²) in [7, 11) is 0. The van der Waals surface area contributed by atoms with E-state index in [-0.39, 0.29) is 5.78 Å². The Kier molecular flexibility index (Phi) is 4.63. The minimum atomic E-state index is 0.0858. The first-order valence-corrected chi connectivity index (χ1v) is 6.68. The summed E-state index contributed by atoms with van der Waals surface area (Å²) in [5, 5.41) is 11.7. The zero-order chi connectivity index (χ0) is 14.5. The molecule has 20 heavy (non-hydrogen) atoms. The van der Waals surface area contributed by atoms with Gasteiger partial charge >= 0.3 is 0 Å². The molecule has 6 heteroatoms. The number of hydrogen-bond acceptors (Lipinski definition) is 4. The molecule has 5 nitrogen and oxygen atoms in total. The van der Waals surface area contributed by atoms with Crippen LogP contribution in [-0.2, 0) is 4.79 Å². The molecule has 0 unspecified atom stereocenters. The number of carbonyl (C=O) groups is 1. The van der Waals surface area contributed by atoms with Crippen LogP contribution in [0.2, 0.25) is 5.02 Å². The maximum atomic E-state index is 11.7.